The summed E-state index contributed by atoms with van der Waals surface area (Å²) in [5.74, 6) is 1.92. The van der Waals surface area contributed by atoms with E-state index in [2.05, 4.69) is 145 Å². The van der Waals surface area contributed by atoms with Gasteiger partial charge in [-0.3, -0.25) is 4.90 Å². The minimum absolute atomic E-state index is 0.0895. The average Bonchev–Trinajstić information content (AvgIpc) is 2.90. The number of rotatable bonds is 3. The molecule has 0 atom stereocenters. The maximum Gasteiger partial charge on any atom is 0.326 e. The van der Waals surface area contributed by atoms with Gasteiger partial charge in [-0.2, -0.15) is 0 Å². The van der Waals surface area contributed by atoms with E-state index >= 15 is 0 Å². The molecule has 41 heavy (non-hydrogen) atoms. The second-order valence-corrected chi connectivity index (χ2v) is 14.9. The molecule has 1 heterocycles. The van der Waals surface area contributed by atoms with Crippen LogP contribution in [0, 0.1) is 13.8 Å². The Hall–Kier alpha value is -3.13. The predicted molar refractivity (Wildman–Crippen MR) is 173 cm³/mol. The number of fused-ring (bicyclic) bond motifs is 2. The topological polar surface area (TPSA) is 21.7 Å². The fraction of sp³-hybridized carbons (Fsp3) is 0.351. The first-order chi connectivity index (χ1) is 19.4. The Kier molecular flexibility index (Phi) is 8.33. The monoisotopic (exact) mass is 565 g/mol. The van der Waals surface area contributed by atoms with E-state index in [1.54, 1.807) is 0 Å². The van der Waals surface area contributed by atoms with E-state index in [9.17, 15) is 0 Å². The van der Waals surface area contributed by atoms with Crippen LogP contribution in [0.3, 0.4) is 0 Å². The molecule has 4 aromatic carbocycles. The number of nitrogens with zero attached hydrogens (tertiary/aromatic N) is 1. The SMILES string of the molecule is Cc1cc2c(c(C(C)(C)C)c1)OP(c1ccccc1)Oc1c(cc(C)cc1C(C)(C)C)CN(Cc1ccccc1)C2. The Balaban J connectivity index is 1.75. The van der Waals surface area contributed by atoms with Crippen molar-refractivity contribution in [2.24, 2.45) is 0 Å². The van der Waals surface area contributed by atoms with Gasteiger partial charge in [-0.25, -0.2) is 0 Å². The minimum atomic E-state index is -1.44. The standard InChI is InChI=1S/C37H44NO2P/c1-26-19-29-24-38(23-28-15-11-9-12-16-28)25-30-20-27(2)22-33(37(6,7)8)35(30)40-41(31-17-13-10-14-18-31)39-34(29)32(21-26)36(3,4)5/h9-22H,23-25H2,1-8H3. The van der Waals surface area contributed by atoms with Crippen LogP contribution in [-0.2, 0) is 30.5 Å². The molecule has 0 unspecified atom stereocenters. The summed E-state index contributed by atoms with van der Waals surface area (Å²) in [6, 6.07) is 30.4. The molecule has 5 rings (SSSR count). The van der Waals surface area contributed by atoms with E-state index in [4.69, 9.17) is 9.05 Å². The van der Waals surface area contributed by atoms with Crippen molar-refractivity contribution >= 4 is 13.7 Å². The molecule has 1 aliphatic heterocycles. The summed E-state index contributed by atoms with van der Waals surface area (Å²) >= 11 is 0. The van der Waals surface area contributed by atoms with E-state index < -0.39 is 8.38 Å². The molecular weight excluding hydrogens is 521 g/mol. The van der Waals surface area contributed by atoms with Crippen LogP contribution < -0.4 is 14.4 Å². The summed E-state index contributed by atoms with van der Waals surface area (Å²) < 4.78 is 14.3. The first-order valence-electron chi connectivity index (χ1n) is 14.6. The van der Waals surface area contributed by atoms with Crippen molar-refractivity contribution in [1.29, 1.82) is 0 Å². The zero-order chi connectivity index (χ0) is 29.4. The van der Waals surface area contributed by atoms with E-state index in [1.807, 2.05) is 0 Å². The molecular formula is C37H44NO2P. The van der Waals surface area contributed by atoms with Gasteiger partial charge < -0.3 is 9.05 Å². The van der Waals surface area contributed by atoms with Crippen LogP contribution in [0.5, 0.6) is 11.5 Å². The summed E-state index contributed by atoms with van der Waals surface area (Å²) in [4.78, 5) is 2.54. The first-order valence-corrected chi connectivity index (χ1v) is 15.8. The summed E-state index contributed by atoms with van der Waals surface area (Å²) in [6.07, 6.45) is 0. The van der Waals surface area contributed by atoms with Gasteiger partial charge in [0.1, 0.15) is 11.5 Å². The zero-order valence-electron chi connectivity index (χ0n) is 25.9. The Morgan fingerprint density at radius 3 is 1.51 bits per heavy atom. The summed E-state index contributed by atoms with van der Waals surface area (Å²) in [5.41, 5.74) is 8.50. The highest BCUT2D eigenvalue weighted by molar-refractivity contribution is 7.56. The van der Waals surface area contributed by atoms with Gasteiger partial charge in [0.15, 0.2) is 0 Å². The van der Waals surface area contributed by atoms with Crippen molar-refractivity contribution in [3.05, 3.63) is 124 Å². The van der Waals surface area contributed by atoms with Crippen molar-refractivity contribution in [2.75, 3.05) is 0 Å². The van der Waals surface area contributed by atoms with Crippen molar-refractivity contribution in [1.82, 2.24) is 4.90 Å². The Morgan fingerprint density at radius 2 is 1.07 bits per heavy atom. The molecule has 0 spiro atoms. The zero-order valence-corrected chi connectivity index (χ0v) is 26.8. The molecule has 0 bridgehead atoms. The number of hydrogen-bond acceptors (Lipinski definition) is 3. The van der Waals surface area contributed by atoms with E-state index in [-0.39, 0.29) is 10.8 Å². The van der Waals surface area contributed by atoms with Crippen LogP contribution >= 0.6 is 8.38 Å². The van der Waals surface area contributed by atoms with Crippen LogP contribution in [-0.4, -0.2) is 4.90 Å². The third kappa shape index (κ3) is 6.85. The third-order valence-corrected chi connectivity index (χ3v) is 9.01. The van der Waals surface area contributed by atoms with Gasteiger partial charge in [0.25, 0.3) is 0 Å². The fourth-order valence-corrected chi connectivity index (χ4v) is 7.02. The molecule has 4 aromatic rings. The molecule has 0 fully saturated rings. The first kappa shape index (κ1) is 29.4. The molecule has 0 saturated heterocycles. The highest BCUT2D eigenvalue weighted by atomic mass is 31.2. The van der Waals surface area contributed by atoms with Crippen molar-refractivity contribution in [2.45, 2.75) is 85.9 Å². The second kappa shape index (κ2) is 11.6. The van der Waals surface area contributed by atoms with Crippen LogP contribution in [0.15, 0.2) is 84.9 Å². The molecule has 0 saturated carbocycles. The van der Waals surface area contributed by atoms with Crippen LogP contribution in [0.25, 0.3) is 0 Å². The van der Waals surface area contributed by atoms with Gasteiger partial charge in [-0.05, 0) is 42.4 Å². The molecule has 0 radical (unpaired) electrons. The van der Waals surface area contributed by atoms with Crippen molar-refractivity contribution in [3.63, 3.8) is 0 Å². The lowest BCUT2D eigenvalue weighted by Crippen LogP contribution is -2.27. The van der Waals surface area contributed by atoms with Gasteiger partial charge in [-0.15, -0.1) is 0 Å². The van der Waals surface area contributed by atoms with Gasteiger partial charge in [0.05, 0.1) is 5.30 Å². The lowest BCUT2D eigenvalue weighted by molar-refractivity contribution is 0.241. The van der Waals surface area contributed by atoms with E-state index in [0.29, 0.717) is 0 Å². The van der Waals surface area contributed by atoms with Crippen LogP contribution in [0.2, 0.25) is 0 Å². The molecule has 4 heteroatoms. The predicted octanol–water partition coefficient (Wildman–Crippen LogP) is 9.51. The maximum absolute atomic E-state index is 7.14. The van der Waals surface area contributed by atoms with Crippen molar-refractivity contribution in [3.8, 4) is 11.5 Å². The number of hydrogen-bond donors (Lipinski definition) is 0. The van der Waals surface area contributed by atoms with Gasteiger partial charge in [0.2, 0.25) is 0 Å². The normalized spacial score (nSPS) is 14.9. The Bertz CT molecular complexity index is 1420. The molecule has 3 nitrogen and oxygen atoms in total. The largest absolute Gasteiger partial charge is 0.435 e. The summed E-state index contributed by atoms with van der Waals surface area (Å²) in [7, 11) is -1.44. The van der Waals surface area contributed by atoms with Gasteiger partial charge in [0, 0.05) is 41.9 Å². The summed E-state index contributed by atoms with van der Waals surface area (Å²) in [6.45, 7) is 20.4. The Morgan fingerprint density at radius 1 is 0.634 bits per heavy atom. The molecule has 0 aromatic heterocycles. The minimum Gasteiger partial charge on any atom is -0.435 e. The number of benzene rings is 4. The van der Waals surface area contributed by atoms with Crippen LogP contribution in [0.1, 0.15) is 80.5 Å². The van der Waals surface area contributed by atoms with Gasteiger partial charge >= 0.3 is 8.38 Å². The lowest BCUT2D eigenvalue weighted by Gasteiger charge is -2.34. The third-order valence-electron chi connectivity index (χ3n) is 7.59. The van der Waals surface area contributed by atoms with E-state index in [0.717, 1.165) is 36.4 Å². The maximum atomic E-state index is 7.14. The fourth-order valence-electron chi connectivity index (χ4n) is 5.59. The molecule has 1 aliphatic rings. The quantitative estimate of drug-likeness (QED) is 0.231. The molecule has 0 aliphatic carbocycles. The summed E-state index contributed by atoms with van der Waals surface area (Å²) in [5, 5.41) is 1.07. The number of aryl methyl sites for hydroxylation is 2. The average molecular weight is 566 g/mol. The highest BCUT2D eigenvalue weighted by Crippen LogP contribution is 2.49. The van der Waals surface area contributed by atoms with Gasteiger partial charge in [-0.1, -0.05) is 125 Å². The van der Waals surface area contributed by atoms with Crippen molar-refractivity contribution < 1.29 is 9.05 Å². The Labute approximate surface area is 248 Å². The van der Waals surface area contributed by atoms with Crippen LogP contribution in [0.4, 0.5) is 0 Å². The van der Waals surface area contributed by atoms with E-state index in [1.165, 1.54) is 38.9 Å². The second-order valence-electron chi connectivity index (χ2n) is 13.5. The molecule has 0 N–H and O–H groups in total. The smallest absolute Gasteiger partial charge is 0.326 e. The molecule has 214 valence electrons. The highest BCUT2D eigenvalue weighted by Gasteiger charge is 2.32. The lowest BCUT2D eigenvalue weighted by atomic mass is 9.83. The molecule has 0 amide bonds.